The van der Waals surface area contributed by atoms with Gasteiger partial charge in [0.25, 0.3) is 5.91 Å². The van der Waals surface area contributed by atoms with E-state index in [0.717, 1.165) is 17.4 Å². The quantitative estimate of drug-likeness (QED) is 0.335. The van der Waals surface area contributed by atoms with Crippen molar-refractivity contribution in [3.8, 4) is 5.75 Å². The average Bonchev–Trinajstić information content (AvgIpc) is 3.37. The van der Waals surface area contributed by atoms with Crippen molar-refractivity contribution in [2.45, 2.75) is 25.2 Å². The molecule has 186 valence electrons. The van der Waals surface area contributed by atoms with Gasteiger partial charge in [-0.1, -0.05) is 42.0 Å². The van der Waals surface area contributed by atoms with E-state index in [1.165, 1.54) is 13.3 Å². The molecule has 4 aromatic rings. The molecule has 0 radical (unpaired) electrons. The van der Waals surface area contributed by atoms with Gasteiger partial charge in [-0.15, -0.1) is 0 Å². The molecule has 0 unspecified atom stereocenters. The largest absolute Gasteiger partial charge is 0.495 e. The fraction of sp³-hybridized carbons (Fsp3) is 0.192. The number of aromatic nitrogens is 2. The summed E-state index contributed by atoms with van der Waals surface area (Å²) in [6.07, 6.45) is 3.92. The van der Waals surface area contributed by atoms with Crippen LogP contribution in [0.25, 0.3) is 0 Å². The number of amides is 1. The van der Waals surface area contributed by atoms with Crippen LogP contribution in [0.3, 0.4) is 0 Å². The zero-order chi connectivity index (χ0) is 25.7. The van der Waals surface area contributed by atoms with Crippen LogP contribution in [0, 0.1) is 6.92 Å². The Morgan fingerprint density at radius 2 is 1.81 bits per heavy atom. The first-order valence-electron chi connectivity index (χ1n) is 11.1. The summed E-state index contributed by atoms with van der Waals surface area (Å²) >= 11 is 0. The molecule has 0 aliphatic heterocycles. The Morgan fingerprint density at radius 3 is 2.47 bits per heavy atom. The van der Waals surface area contributed by atoms with Crippen LogP contribution in [-0.2, 0) is 22.9 Å². The van der Waals surface area contributed by atoms with Crippen LogP contribution >= 0.6 is 0 Å². The number of benzene rings is 2. The molecular weight excluding hydrogens is 480 g/mol. The number of sulfone groups is 1. The summed E-state index contributed by atoms with van der Waals surface area (Å²) in [7, 11) is -2.27. The molecule has 0 saturated carbocycles. The topological polar surface area (TPSA) is 115 Å². The van der Waals surface area contributed by atoms with E-state index >= 15 is 0 Å². The standard InChI is InChI=1S/C26H26N4O5S/c1-18-10-12-19(13-11-18)16-30(17-20-7-6-14-35-20)22-15-27-26(36(3,32)33)29-24(22)25(31)28-21-8-4-5-9-23(21)34-2/h4-15H,16-17H2,1-3H3,(H,28,31). The van der Waals surface area contributed by atoms with E-state index in [4.69, 9.17) is 9.15 Å². The Kier molecular flexibility index (Phi) is 7.35. The number of furan rings is 1. The summed E-state index contributed by atoms with van der Waals surface area (Å²) < 4.78 is 35.3. The molecule has 2 heterocycles. The van der Waals surface area contributed by atoms with Crippen LogP contribution in [0.4, 0.5) is 11.4 Å². The molecule has 9 nitrogen and oxygen atoms in total. The maximum Gasteiger partial charge on any atom is 0.276 e. The van der Waals surface area contributed by atoms with Gasteiger partial charge >= 0.3 is 0 Å². The number of carbonyl (C=O) groups excluding carboxylic acids is 1. The Morgan fingerprint density at radius 1 is 1.06 bits per heavy atom. The van der Waals surface area contributed by atoms with E-state index in [1.54, 1.807) is 36.6 Å². The van der Waals surface area contributed by atoms with Crippen molar-refractivity contribution < 1.29 is 22.4 Å². The van der Waals surface area contributed by atoms with Crippen molar-refractivity contribution >= 4 is 27.1 Å². The number of aryl methyl sites for hydroxylation is 1. The van der Waals surface area contributed by atoms with Gasteiger partial charge in [0.05, 0.1) is 37.5 Å². The number of para-hydroxylation sites is 2. The zero-order valence-electron chi connectivity index (χ0n) is 20.1. The van der Waals surface area contributed by atoms with Crippen molar-refractivity contribution in [1.82, 2.24) is 9.97 Å². The number of ether oxygens (including phenoxy) is 1. The van der Waals surface area contributed by atoms with Gasteiger partial charge in [-0.05, 0) is 36.8 Å². The van der Waals surface area contributed by atoms with E-state index in [9.17, 15) is 13.2 Å². The highest BCUT2D eigenvalue weighted by Crippen LogP contribution is 2.28. The first-order valence-corrected chi connectivity index (χ1v) is 13.0. The minimum absolute atomic E-state index is 0.0880. The van der Waals surface area contributed by atoms with Gasteiger partial charge in [0.2, 0.25) is 15.0 Å². The molecule has 0 bridgehead atoms. The molecular formula is C26H26N4O5S. The molecule has 2 aromatic heterocycles. The van der Waals surface area contributed by atoms with Crippen LogP contribution in [0.15, 0.2) is 82.7 Å². The minimum atomic E-state index is -3.76. The SMILES string of the molecule is COc1ccccc1NC(=O)c1nc(S(C)(=O)=O)ncc1N(Cc1ccc(C)cc1)Cc1ccco1. The van der Waals surface area contributed by atoms with E-state index < -0.39 is 20.9 Å². The molecule has 0 aliphatic carbocycles. The number of hydrogen-bond donors (Lipinski definition) is 1. The smallest absolute Gasteiger partial charge is 0.276 e. The van der Waals surface area contributed by atoms with Gasteiger partial charge in [0, 0.05) is 12.8 Å². The van der Waals surface area contributed by atoms with Crippen molar-refractivity contribution in [3.63, 3.8) is 0 Å². The monoisotopic (exact) mass is 506 g/mol. The van der Waals surface area contributed by atoms with Crippen molar-refractivity contribution in [2.24, 2.45) is 0 Å². The van der Waals surface area contributed by atoms with E-state index in [-0.39, 0.29) is 5.69 Å². The molecule has 1 N–H and O–H groups in total. The summed E-state index contributed by atoms with van der Waals surface area (Å²) in [5.74, 6) is 0.512. The van der Waals surface area contributed by atoms with Crippen LogP contribution in [-0.4, -0.2) is 37.7 Å². The Balaban J connectivity index is 1.79. The molecule has 0 atom stereocenters. The Labute approximate surface area is 209 Å². The molecule has 1 amide bonds. The van der Waals surface area contributed by atoms with Crippen molar-refractivity contribution in [1.29, 1.82) is 0 Å². The third kappa shape index (κ3) is 5.89. The molecule has 0 aliphatic rings. The molecule has 36 heavy (non-hydrogen) atoms. The number of anilines is 2. The number of rotatable bonds is 9. The molecule has 0 saturated heterocycles. The maximum atomic E-state index is 13.5. The second kappa shape index (κ2) is 10.6. The summed E-state index contributed by atoms with van der Waals surface area (Å²) in [6.45, 7) is 2.71. The molecule has 0 spiro atoms. The van der Waals surface area contributed by atoms with E-state index in [1.807, 2.05) is 42.2 Å². The normalized spacial score (nSPS) is 11.2. The summed E-state index contributed by atoms with van der Waals surface area (Å²) in [5.41, 5.74) is 2.79. The lowest BCUT2D eigenvalue weighted by Crippen LogP contribution is -2.27. The summed E-state index contributed by atoms with van der Waals surface area (Å²) in [5, 5.41) is 2.34. The molecule has 10 heteroatoms. The van der Waals surface area contributed by atoms with Crippen LogP contribution in [0.5, 0.6) is 5.75 Å². The molecule has 0 fully saturated rings. The number of nitrogens with zero attached hydrogens (tertiary/aromatic N) is 3. The lowest BCUT2D eigenvalue weighted by Gasteiger charge is -2.25. The minimum Gasteiger partial charge on any atom is -0.495 e. The lowest BCUT2D eigenvalue weighted by atomic mass is 10.1. The van der Waals surface area contributed by atoms with Crippen LogP contribution in [0.1, 0.15) is 27.4 Å². The number of methoxy groups -OCH3 is 1. The van der Waals surface area contributed by atoms with Crippen LogP contribution in [0.2, 0.25) is 0 Å². The fourth-order valence-corrected chi connectivity index (χ4v) is 4.10. The average molecular weight is 507 g/mol. The third-order valence-electron chi connectivity index (χ3n) is 5.41. The van der Waals surface area contributed by atoms with Gasteiger partial charge in [0.1, 0.15) is 11.5 Å². The van der Waals surface area contributed by atoms with Crippen LogP contribution < -0.4 is 15.0 Å². The second-order valence-electron chi connectivity index (χ2n) is 8.23. The maximum absolute atomic E-state index is 13.5. The van der Waals surface area contributed by atoms with Gasteiger partial charge in [-0.2, -0.15) is 0 Å². The number of nitrogens with one attached hydrogen (secondary N) is 1. The predicted molar refractivity (Wildman–Crippen MR) is 136 cm³/mol. The summed E-state index contributed by atoms with van der Waals surface area (Å²) in [4.78, 5) is 23.6. The highest BCUT2D eigenvalue weighted by molar-refractivity contribution is 7.90. The van der Waals surface area contributed by atoms with E-state index in [0.29, 0.717) is 36.0 Å². The zero-order valence-corrected chi connectivity index (χ0v) is 21.0. The lowest BCUT2D eigenvalue weighted by molar-refractivity contribution is 0.102. The fourth-order valence-electron chi connectivity index (χ4n) is 3.60. The van der Waals surface area contributed by atoms with Crippen molar-refractivity contribution in [3.05, 3.63) is 95.7 Å². The second-order valence-corrected chi connectivity index (χ2v) is 10.1. The first-order chi connectivity index (χ1) is 17.2. The summed E-state index contributed by atoms with van der Waals surface area (Å²) in [6, 6.07) is 18.5. The third-order valence-corrected chi connectivity index (χ3v) is 6.27. The van der Waals surface area contributed by atoms with Gasteiger partial charge in [0.15, 0.2) is 5.69 Å². The highest BCUT2D eigenvalue weighted by Gasteiger charge is 2.25. The van der Waals surface area contributed by atoms with E-state index in [2.05, 4.69) is 15.3 Å². The number of carbonyl (C=O) groups is 1. The molecule has 4 rings (SSSR count). The van der Waals surface area contributed by atoms with Gasteiger partial charge in [-0.25, -0.2) is 18.4 Å². The molecule has 2 aromatic carbocycles. The first kappa shape index (κ1) is 24.9. The van der Waals surface area contributed by atoms with Crippen molar-refractivity contribution in [2.75, 3.05) is 23.6 Å². The van der Waals surface area contributed by atoms with Gasteiger partial charge < -0.3 is 19.4 Å². The highest BCUT2D eigenvalue weighted by atomic mass is 32.2. The number of hydrogen-bond acceptors (Lipinski definition) is 8. The Hall–Kier alpha value is -4.18. The Bertz CT molecular complexity index is 1450. The predicted octanol–water partition coefficient (Wildman–Crippen LogP) is 4.25. The van der Waals surface area contributed by atoms with Gasteiger partial charge in [-0.3, -0.25) is 4.79 Å².